The van der Waals surface area contributed by atoms with Crippen LogP contribution < -0.4 is 5.59 Å². The molecule has 0 saturated carbocycles. The van der Waals surface area contributed by atoms with Crippen LogP contribution in [0.4, 0.5) is 0 Å². The molecule has 4 nitrogen and oxygen atoms in total. The summed E-state index contributed by atoms with van der Waals surface area (Å²) >= 11 is 0. The molecule has 0 aliphatic heterocycles. The first-order valence-corrected chi connectivity index (χ1v) is 0.365. The van der Waals surface area contributed by atoms with Gasteiger partial charge in [-0.25, -0.2) is 0 Å². The number of hydrogen-bond donors (Lipinski definition) is 0. The van der Waals surface area contributed by atoms with E-state index in [1.165, 1.54) is 0 Å². The van der Waals surface area contributed by atoms with Crippen LogP contribution in [0.5, 0.6) is 0 Å². The minimum atomic E-state index is 5.75. The Morgan fingerprint density at radius 3 is 1.50 bits per heavy atom. The van der Waals surface area contributed by atoms with E-state index in [9.17, 15) is 0 Å². The van der Waals surface area contributed by atoms with Crippen molar-refractivity contribution >= 4 is 0 Å². The third-order valence-electron chi connectivity index (χ3n) is 0. The molecule has 0 aromatic rings. The van der Waals surface area contributed by atoms with Crippen LogP contribution in [0.25, 0.3) is 0 Å². The van der Waals surface area contributed by atoms with E-state index in [1.54, 1.807) is 0 Å². The van der Waals surface area contributed by atoms with E-state index >= 15 is 0 Å². The Hall–Kier alpha value is -0.730. The fraction of sp³-hybridized carbons (Fsp3) is 0. The summed E-state index contributed by atoms with van der Waals surface area (Å²) in [6.07, 6.45) is 0. The Balaban J connectivity index is 0. The minimum absolute atomic E-state index is 5.75. The van der Waals surface area contributed by atoms with Gasteiger partial charge < -0.3 is 0 Å². The number of nitroso groups, excluding NO2 is 1. The molecule has 0 rings (SSSR count). The van der Waals surface area contributed by atoms with Gasteiger partial charge >= 0.3 is 15.8 Å². The normalized spacial score (nSPS) is 1.50. The summed E-state index contributed by atoms with van der Waals surface area (Å²) in [5.74, 6) is 0. The van der Waals surface area contributed by atoms with Gasteiger partial charge in [0.2, 0.25) is 0 Å². The predicted molar refractivity (Wildman–Crippen MR) is 7.91 cm³/mol. The molecule has 20 valence electrons. The van der Waals surface area contributed by atoms with Gasteiger partial charge in [-0.1, -0.05) is 0 Å². The Morgan fingerprint density at radius 1 is 1.50 bits per heavy atom. The zero-order chi connectivity index (χ0) is 4.00. The van der Waals surface area contributed by atoms with Crippen LogP contribution in [-0.4, -0.2) is 0 Å². The summed E-state index contributed by atoms with van der Waals surface area (Å²) in [6, 6.07) is 0. The molecule has 0 amide bonds. The summed E-state index contributed by atoms with van der Waals surface area (Å²) < 4.78 is 7.25. The average Bonchev–Trinajstić information content (AvgIpc) is 1.50. The molecule has 0 unspecified atom stereocenters. The van der Waals surface area contributed by atoms with E-state index in [1.807, 2.05) is 0 Å². The van der Waals surface area contributed by atoms with Crippen LogP contribution in [0.15, 0.2) is 0 Å². The molecule has 0 saturated heterocycles. The van der Waals surface area contributed by atoms with Crippen LogP contribution in [0.2, 0.25) is 0 Å². The van der Waals surface area contributed by atoms with Gasteiger partial charge in [-0.3, -0.25) is 0 Å². The third kappa shape index (κ3) is 0.174. The maximum atomic E-state index is 7.25. The van der Waals surface area contributed by atoms with Gasteiger partial charge in [0, 0.05) is 0 Å². The first-order chi connectivity index (χ1) is 2.00. The van der Waals surface area contributed by atoms with Crippen molar-refractivity contribution in [3.05, 3.63) is 4.91 Å². The van der Waals surface area contributed by atoms with Gasteiger partial charge in [0.25, 0.3) is 0 Å². The molecule has 0 aliphatic carbocycles. The van der Waals surface area contributed by atoms with Gasteiger partial charge in [-0.2, -0.15) is 0 Å². The molecule has 0 bridgehead atoms. The van der Waals surface area contributed by atoms with Crippen LogP contribution >= 0.6 is 0 Å². The fourth-order valence-corrected chi connectivity index (χ4v) is 0. The SMILES string of the molecule is N#[O+].[N+]=O. The van der Waals surface area contributed by atoms with Gasteiger partial charge in [-0.05, 0) is 0 Å². The maximum Gasteiger partial charge on any atom is 0.813 e. The van der Waals surface area contributed by atoms with Gasteiger partial charge in [-0.15, -0.1) is 0 Å². The van der Waals surface area contributed by atoms with Gasteiger partial charge in [0.15, 0.2) is 4.91 Å². The largest absolute Gasteiger partial charge is 0.813 e. The zero-order valence-corrected chi connectivity index (χ0v) is 1.71. The first-order valence-electron chi connectivity index (χ1n) is 0.365. The van der Waals surface area contributed by atoms with E-state index < -0.39 is 0 Å². The standard InChI is InChI=1S/2NO/c2*1-2/q2*+1. The average molecular weight is 60.0 g/mol. The van der Waals surface area contributed by atoms with Crippen molar-refractivity contribution in [2.45, 2.75) is 0 Å². The van der Waals surface area contributed by atoms with Crippen molar-refractivity contribution in [2.75, 3.05) is 0 Å². The topological polar surface area (TPSA) is 83.1 Å². The Kier molecular flexibility index (Phi) is 17.9. The molecular weight excluding hydrogens is 60.0 g/mol. The molecule has 0 N–H and O–H groups in total. The second kappa shape index (κ2) is 6.87. The van der Waals surface area contributed by atoms with Crippen molar-refractivity contribution in [2.24, 2.45) is 0 Å². The smallest absolute Gasteiger partial charge is 0.187 e. The van der Waals surface area contributed by atoms with Crippen LogP contribution in [0.1, 0.15) is 0 Å². The number of nitrogens with zero attached hydrogens (tertiary/aromatic N) is 2. The van der Waals surface area contributed by atoms with Crippen molar-refractivity contribution in [3.63, 3.8) is 0 Å². The molecule has 0 spiro atoms. The van der Waals surface area contributed by atoms with E-state index in [-0.39, 0.29) is 0 Å². The number of hydrogen-bond acceptors (Lipinski definition) is 2. The Labute approximate surface area is 22.1 Å². The van der Waals surface area contributed by atoms with Crippen molar-refractivity contribution in [1.29, 1.82) is 5.46 Å². The quantitative estimate of drug-likeness (QED) is 0.351. The van der Waals surface area contributed by atoms with Crippen molar-refractivity contribution < 1.29 is 4.77 Å². The molecule has 0 fully saturated rings. The first kappa shape index (κ1) is 10.4. The van der Waals surface area contributed by atoms with Crippen LogP contribution in [0.3, 0.4) is 0 Å². The molecule has 0 atom stereocenters. The Bertz CT molecular complexity index is 15.2. The zero-order valence-electron chi connectivity index (χ0n) is 1.71. The second-order valence-corrected chi connectivity index (χ2v) is 0. The maximum absolute atomic E-state index is 7.25. The molecule has 2 radical (unpaired) electrons. The fourth-order valence-electron chi connectivity index (χ4n) is 0. The predicted octanol–water partition coefficient (Wildman–Crippen LogP) is -0.551. The molecular formula is N2O2+2. The number of rotatable bonds is 0. The van der Waals surface area contributed by atoms with Gasteiger partial charge in [0.05, 0.1) is 0 Å². The van der Waals surface area contributed by atoms with E-state index in [0.717, 1.165) is 0 Å². The Morgan fingerprint density at radius 2 is 1.50 bits per heavy atom. The van der Waals surface area contributed by atoms with Crippen molar-refractivity contribution in [1.82, 2.24) is 5.59 Å². The van der Waals surface area contributed by atoms with Crippen molar-refractivity contribution in [3.8, 4) is 0 Å². The summed E-state index contributed by atoms with van der Waals surface area (Å²) in [4.78, 5) is 7.25. The minimum Gasteiger partial charge on any atom is 0.187 e. The van der Waals surface area contributed by atoms with E-state index in [4.69, 9.17) is 20.7 Å². The van der Waals surface area contributed by atoms with E-state index in [0.29, 0.717) is 0 Å². The molecule has 0 heterocycles. The summed E-state index contributed by atoms with van der Waals surface area (Å²) in [5.41, 5.74) is 11.5. The molecule has 0 aromatic heterocycles. The molecule has 0 aromatic carbocycles. The molecule has 4 heavy (non-hydrogen) atoms. The van der Waals surface area contributed by atoms with Gasteiger partial charge in [0.1, 0.15) is 0 Å². The summed E-state index contributed by atoms with van der Waals surface area (Å²) in [7, 11) is 0. The van der Waals surface area contributed by atoms with Crippen LogP contribution in [0, 0.1) is 10.4 Å². The second-order valence-electron chi connectivity index (χ2n) is 0. The summed E-state index contributed by atoms with van der Waals surface area (Å²) in [5, 5.41) is 0. The third-order valence-corrected chi connectivity index (χ3v) is 0. The molecule has 0 aliphatic rings. The van der Waals surface area contributed by atoms with E-state index in [2.05, 4.69) is 0 Å². The molecule has 4 heteroatoms. The summed E-state index contributed by atoms with van der Waals surface area (Å²) in [6.45, 7) is 0. The van der Waals surface area contributed by atoms with Crippen LogP contribution in [-0.2, 0) is 4.77 Å². The monoisotopic (exact) mass is 60.0 g/mol.